The van der Waals surface area contributed by atoms with Crippen LogP contribution in [0.2, 0.25) is 0 Å². The minimum atomic E-state index is 0.560. The van der Waals surface area contributed by atoms with Gasteiger partial charge in [0.25, 0.3) is 0 Å². The molecule has 1 fully saturated rings. The van der Waals surface area contributed by atoms with Gasteiger partial charge in [-0.2, -0.15) is 0 Å². The molecular formula is C14H30N4O. The lowest BCUT2D eigenvalue weighted by molar-refractivity contribution is 0.145. The first-order chi connectivity index (χ1) is 9.22. The van der Waals surface area contributed by atoms with E-state index in [0.717, 1.165) is 39.3 Å². The summed E-state index contributed by atoms with van der Waals surface area (Å²) >= 11 is 0. The summed E-state index contributed by atoms with van der Waals surface area (Å²) in [6, 6.07) is 0. The molecule has 0 amide bonds. The second-order valence-corrected chi connectivity index (χ2v) is 5.32. The molecule has 1 heterocycles. The van der Waals surface area contributed by atoms with Gasteiger partial charge in [0.05, 0.1) is 0 Å². The van der Waals surface area contributed by atoms with E-state index >= 15 is 0 Å². The van der Waals surface area contributed by atoms with Gasteiger partial charge in [0.15, 0.2) is 5.96 Å². The molecule has 1 aliphatic heterocycles. The van der Waals surface area contributed by atoms with E-state index in [1.165, 1.54) is 25.9 Å². The molecule has 5 heteroatoms. The van der Waals surface area contributed by atoms with Gasteiger partial charge in [0, 0.05) is 32.8 Å². The summed E-state index contributed by atoms with van der Waals surface area (Å²) in [6.45, 7) is 11.1. The maximum atomic E-state index is 5.83. The topological polar surface area (TPSA) is 62.9 Å². The van der Waals surface area contributed by atoms with E-state index in [4.69, 9.17) is 10.5 Å². The third-order valence-electron chi connectivity index (χ3n) is 3.32. The van der Waals surface area contributed by atoms with Crippen molar-refractivity contribution in [3.63, 3.8) is 0 Å². The predicted molar refractivity (Wildman–Crippen MR) is 80.4 cm³/mol. The van der Waals surface area contributed by atoms with Crippen molar-refractivity contribution in [2.75, 3.05) is 45.9 Å². The molecule has 19 heavy (non-hydrogen) atoms. The number of aliphatic imine (C=N–C) groups is 1. The standard InChI is InChI=1S/C14H30N4O/c1-3-19-10-6-7-16-14(15)17-11-13(2)12-18-8-4-5-9-18/h13H,3-12H2,1-2H3,(H3,15,16,17). The van der Waals surface area contributed by atoms with Crippen molar-refractivity contribution in [1.82, 2.24) is 10.2 Å². The van der Waals surface area contributed by atoms with E-state index in [9.17, 15) is 0 Å². The molecule has 112 valence electrons. The normalized spacial score (nSPS) is 18.7. The number of nitrogens with zero attached hydrogens (tertiary/aromatic N) is 2. The molecule has 0 aromatic heterocycles. The van der Waals surface area contributed by atoms with E-state index < -0.39 is 0 Å². The number of guanidine groups is 1. The SMILES string of the molecule is CCOCCCNC(N)=NCC(C)CN1CCCC1. The van der Waals surface area contributed by atoms with Crippen molar-refractivity contribution in [3.05, 3.63) is 0 Å². The van der Waals surface area contributed by atoms with Crippen LogP contribution < -0.4 is 11.1 Å². The lowest BCUT2D eigenvalue weighted by Crippen LogP contribution is -2.34. The van der Waals surface area contributed by atoms with Crippen molar-refractivity contribution >= 4 is 5.96 Å². The highest BCUT2D eigenvalue weighted by molar-refractivity contribution is 5.77. The van der Waals surface area contributed by atoms with Crippen LogP contribution in [0.4, 0.5) is 0 Å². The smallest absolute Gasteiger partial charge is 0.188 e. The van der Waals surface area contributed by atoms with Gasteiger partial charge in [-0.3, -0.25) is 4.99 Å². The van der Waals surface area contributed by atoms with Crippen LogP contribution in [0.25, 0.3) is 0 Å². The van der Waals surface area contributed by atoms with Gasteiger partial charge in [-0.15, -0.1) is 0 Å². The molecule has 0 saturated carbocycles. The van der Waals surface area contributed by atoms with Crippen molar-refractivity contribution in [3.8, 4) is 0 Å². The molecule has 1 saturated heterocycles. The summed E-state index contributed by atoms with van der Waals surface area (Å²) in [6.07, 6.45) is 3.66. The molecule has 1 unspecified atom stereocenters. The first kappa shape index (κ1) is 16.2. The fourth-order valence-corrected chi connectivity index (χ4v) is 2.31. The molecule has 0 aliphatic carbocycles. The van der Waals surface area contributed by atoms with Crippen molar-refractivity contribution in [1.29, 1.82) is 0 Å². The number of likely N-dealkylation sites (tertiary alicyclic amines) is 1. The minimum absolute atomic E-state index is 0.560. The molecule has 3 N–H and O–H groups in total. The van der Waals surface area contributed by atoms with E-state index in [0.29, 0.717) is 11.9 Å². The van der Waals surface area contributed by atoms with Gasteiger partial charge >= 0.3 is 0 Å². The number of hydrogen-bond donors (Lipinski definition) is 2. The molecule has 0 spiro atoms. The van der Waals surface area contributed by atoms with Crippen LogP contribution in [-0.2, 0) is 4.74 Å². The van der Waals surface area contributed by atoms with Crippen molar-refractivity contribution in [2.45, 2.75) is 33.1 Å². The quantitative estimate of drug-likeness (QED) is 0.373. The maximum Gasteiger partial charge on any atom is 0.188 e. The number of nitrogens with two attached hydrogens (primary N) is 1. The zero-order valence-electron chi connectivity index (χ0n) is 12.5. The van der Waals surface area contributed by atoms with Crippen LogP contribution in [0, 0.1) is 5.92 Å². The Morgan fingerprint density at radius 2 is 2.16 bits per heavy atom. The highest BCUT2D eigenvalue weighted by Gasteiger charge is 2.14. The van der Waals surface area contributed by atoms with E-state index in [1.807, 2.05) is 6.92 Å². The Morgan fingerprint density at radius 3 is 2.84 bits per heavy atom. The molecule has 1 aliphatic rings. The molecule has 1 rings (SSSR count). The van der Waals surface area contributed by atoms with Crippen LogP contribution in [0.5, 0.6) is 0 Å². The van der Waals surface area contributed by atoms with Gasteiger partial charge in [0.1, 0.15) is 0 Å². The Balaban J connectivity index is 2.05. The largest absolute Gasteiger partial charge is 0.382 e. The molecule has 0 aromatic carbocycles. The third kappa shape index (κ3) is 8.06. The third-order valence-corrected chi connectivity index (χ3v) is 3.32. The van der Waals surface area contributed by atoms with E-state index in [2.05, 4.69) is 22.1 Å². The number of nitrogens with one attached hydrogen (secondary N) is 1. The summed E-state index contributed by atoms with van der Waals surface area (Å²) in [4.78, 5) is 6.92. The Hall–Kier alpha value is -0.810. The lowest BCUT2D eigenvalue weighted by Gasteiger charge is -2.18. The minimum Gasteiger partial charge on any atom is -0.382 e. The Labute approximate surface area is 117 Å². The molecular weight excluding hydrogens is 240 g/mol. The molecule has 5 nitrogen and oxygen atoms in total. The second kappa shape index (κ2) is 10.0. The van der Waals surface area contributed by atoms with Gasteiger partial charge < -0.3 is 20.7 Å². The van der Waals surface area contributed by atoms with Crippen LogP contribution in [0.15, 0.2) is 4.99 Å². The van der Waals surface area contributed by atoms with Gasteiger partial charge in [0.2, 0.25) is 0 Å². The van der Waals surface area contributed by atoms with Crippen LogP contribution in [0.1, 0.15) is 33.1 Å². The van der Waals surface area contributed by atoms with Crippen molar-refractivity contribution in [2.24, 2.45) is 16.6 Å². The predicted octanol–water partition coefficient (Wildman–Crippen LogP) is 1.05. The molecule has 0 aromatic rings. The molecule has 1 atom stereocenters. The highest BCUT2D eigenvalue weighted by atomic mass is 16.5. The summed E-state index contributed by atoms with van der Waals surface area (Å²) in [5.41, 5.74) is 5.83. The summed E-state index contributed by atoms with van der Waals surface area (Å²) < 4.78 is 5.26. The van der Waals surface area contributed by atoms with Crippen molar-refractivity contribution < 1.29 is 4.74 Å². The summed E-state index contributed by atoms with van der Waals surface area (Å²) in [5, 5.41) is 3.12. The number of hydrogen-bond acceptors (Lipinski definition) is 3. The average Bonchev–Trinajstić information content (AvgIpc) is 2.89. The second-order valence-electron chi connectivity index (χ2n) is 5.32. The van der Waals surface area contributed by atoms with E-state index in [1.54, 1.807) is 0 Å². The first-order valence-corrected chi connectivity index (χ1v) is 7.56. The Morgan fingerprint density at radius 1 is 1.42 bits per heavy atom. The molecule has 0 radical (unpaired) electrons. The fraction of sp³-hybridized carbons (Fsp3) is 0.929. The van der Waals surface area contributed by atoms with Gasteiger partial charge in [-0.25, -0.2) is 0 Å². The van der Waals surface area contributed by atoms with Crippen LogP contribution in [0.3, 0.4) is 0 Å². The van der Waals surface area contributed by atoms with Crippen LogP contribution in [-0.4, -0.2) is 56.8 Å². The Kier molecular flexibility index (Phi) is 8.58. The molecule has 0 bridgehead atoms. The fourth-order valence-electron chi connectivity index (χ4n) is 2.31. The number of rotatable bonds is 9. The van der Waals surface area contributed by atoms with Crippen LogP contribution >= 0.6 is 0 Å². The van der Waals surface area contributed by atoms with Gasteiger partial charge in [-0.05, 0) is 45.2 Å². The highest BCUT2D eigenvalue weighted by Crippen LogP contribution is 2.10. The summed E-state index contributed by atoms with van der Waals surface area (Å²) in [5.74, 6) is 1.13. The summed E-state index contributed by atoms with van der Waals surface area (Å²) in [7, 11) is 0. The first-order valence-electron chi connectivity index (χ1n) is 7.56. The maximum absolute atomic E-state index is 5.83. The Bertz CT molecular complexity index is 252. The van der Waals surface area contributed by atoms with E-state index in [-0.39, 0.29) is 0 Å². The number of ether oxygens (including phenoxy) is 1. The average molecular weight is 270 g/mol. The lowest BCUT2D eigenvalue weighted by atomic mass is 10.2. The zero-order chi connectivity index (χ0) is 13.9. The monoisotopic (exact) mass is 270 g/mol. The zero-order valence-corrected chi connectivity index (χ0v) is 12.5. The van der Waals surface area contributed by atoms with Gasteiger partial charge in [-0.1, -0.05) is 6.92 Å².